The number of hydrogen-bond acceptors (Lipinski definition) is 5. The molecule has 2 amide bonds. The standard InChI is InChI=1S/C16H27N3O4S/c1-10(2)13-17-11(9-24-13)7-19(6)15(22)18-12(14(20)21)8-23-16(3,4)5/h9-10,12H,7-8H2,1-6H3,(H,18,22)(H,20,21)/t12-/m0/s1. The maximum atomic E-state index is 12.2. The van der Waals surface area contributed by atoms with E-state index >= 15 is 0 Å². The third-order valence-corrected chi connectivity index (χ3v) is 4.28. The number of nitrogens with one attached hydrogen (secondary N) is 1. The second kappa shape index (κ2) is 8.43. The van der Waals surface area contributed by atoms with Crippen LogP contribution in [0, 0.1) is 0 Å². The van der Waals surface area contributed by atoms with Gasteiger partial charge in [0, 0.05) is 18.3 Å². The molecular weight excluding hydrogens is 330 g/mol. The number of ether oxygens (including phenoxy) is 1. The van der Waals surface area contributed by atoms with Crippen LogP contribution >= 0.6 is 11.3 Å². The lowest BCUT2D eigenvalue weighted by Crippen LogP contribution is -2.49. The van der Waals surface area contributed by atoms with Crippen molar-refractivity contribution in [3.05, 3.63) is 16.1 Å². The number of nitrogens with zero attached hydrogens (tertiary/aromatic N) is 2. The zero-order chi connectivity index (χ0) is 18.5. The Hall–Kier alpha value is -1.67. The highest BCUT2D eigenvalue weighted by molar-refractivity contribution is 7.09. The molecule has 0 saturated heterocycles. The number of aliphatic carboxylic acids is 1. The Bertz CT molecular complexity index is 566. The summed E-state index contributed by atoms with van der Waals surface area (Å²) < 4.78 is 5.46. The molecule has 0 fully saturated rings. The molecule has 0 spiro atoms. The van der Waals surface area contributed by atoms with Gasteiger partial charge < -0.3 is 20.1 Å². The summed E-state index contributed by atoms with van der Waals surface area (Å²) in [7, 11) is 1.60. The summed E-state index contributed by atoms with van der Waals surface area (Å²) in [5.41, 5.74) is 0.317. The summed E-state index contributed by atoms with van der Waals surface area (Å²) >= 11 is 1.56. The van der Waals surface area contributed by atoms with Crippen molar-refractivity contribution in [3.8, 4) is 0 Å². The molecule has 1 aromatic rings. The van der Waals surface area contributed by atoms with Gasteiger partial charge >= 0.3 is 12.0 Å². The third kappa shape index (κ3) is 6.84. The molecule has 8 heteroatoms. The fraction of sp³-hybridized carbons (Fsp3) is 0.688. The Labute approximate surface area is 147 Å². The van der Waals surface area contributed by atoms with Gasteiger partial charge in [0.05, 0.1) is 29.5 Å². The Kier molecular flexibility index (Phi) is 7.16. The molecule has 0 saturated carbocycles. The van der Waals surface area contributed by atoms with Gasteiger partial charge in [0.25, 0.3) is 0 Å². The smallest absolute Gasteiger partial charge is 0.328 e. The van der Waals surface area contributed by atoms with Crippen molar-refractivity contribution in [2.75, 3.05) is 13.7 Å². The number of carbonyl (C=O) groups excluding carboxylic acids is 1. The van der Waals surface area contributed by atoms with E-state index in [4.69, 9.17) is 4.74 Å². The molecule has 136 valence electrons. The quantitative estimate of drug-likeness (QED) is 0.783. The molecule has 0 unspecified atom stereocenters. The number of rotatable bonds is 7. The predicted octanol–water partition coefficient (Wildman–Crippen LogP) is 2.68. The van der Waals surface area contributed by atoms with Crippen molar-refractivity contribution in [1.82, 2.24) is 15.2 Å². The number of urea groups is 1. The van der Waals surface area contributed by atoms with Crippen molar-refractivity contribution in [2.24, 2.45) is 0 Å². The Morgan fingerprint density at radius 2 is 2.04 bits per heavy atom. The summed E-state index contributed by atoms with van der Waals surface area (Å²) in [6.07, 6.45) is 0. The van der Waals surface area contributed by atoms with Gasteiger partial charge in [0.2, 0.25) is 0 Å². The van der Waals surface area contributed by atoms with Crippen LogP contribution in [0.4, 0.5) is 4.79 Å². The molecule has 7 nitrogen and oxygen atoms in total. The van der Waals surface area contributed by atoms with Gasteiger partial charge in [0.15, 0.2) is 6.04 Å². The van der Waals surface area contributed by atoms with Crippen molar-refractivity contribution in [1.29, 1.82) is 0 Å². The molecule has 1 aromatic heterocycles. The van der Waals surface area contributed by atoms with E-state index in [1.165, 1.54) is 4.90 Å². The summed E-state index contributed by atoms with van der Waals surface area (Å²) in [6.45, 7) is 9.84. The second-order valence-corrected chi connectivity index (χ2v) is 7.84. The van der Waals surface area contributed by atoms with Crippen LogP contribution in [0.1, 0.15) is 51.2 Å². The first-order chi connectivity index (χ1) is 11.0. The zero-order valence-electron chi connectivity index (χ0n) is 15.1. The number of carboxylic acid groups (broad SMARTS) is 1. The Morgan fingerprint density at radius 3 is 2.50 bits per heavy atom. The van der Waals surface area contributed by atoms with E-state index in [1.807, 2.05) is 26.2 Å². The number of amides is 2. The van der Waals surface area contributed by atoms with Crippen LogP contribution in [-0.2, 0) is 16.1 Å². The second-order valence-electron chi connectivity index (χ2n) is 6.95. The molecule has 0 aliphatic carbocycles. The summed E-state index contributed by atoms with van der Waals surface area (Å²) in [6, 6.07) is -1.57. The van der Waals surface area contributed by atoms with E-state index in [1.54, 1.807) is 18.4 Å². The molecule has 1 atom stereocenters. The van der Waals surface area contributed by atoms with E-state index < -0.39 is 23.6 Å². The van der Waals surface area contributed by atoms with Crippen LogP contribution in [0.25, 0.3) is 0 Å². The molecule has 0 radical (unpaired) electrons. The number of carbonyl (C=O) groups is 2. The predicted molar refractivity (Wildman–Crippen MR) is 93.3 cm³/mol. The van der Waals surface area contributed by atoms with Crippen molar-refractivity contribution in [3.63, 3.8) is 0 Å². The lowest BCUT2D eigenvalue weighted by atomic mass is 10.2. The lowest BCUT2D eigenvalue weighted by molar-refractivity contribution is -0.142. The third-order valence-electron chi connectivity index (χ3n) is 3.09. The van der Waals surface area contributed by atoms with Crippen LogP contribution in [-0.4, -0.2) is 52.3 Å². The van der Waals surface area contributed by atoms with E-state index in [0.29, 0.717) is 12.5 Å². The zero-order valence-corrected chi connectivity index (χ0v) is 15.9. The minimum absolute atomic E-state index is 0.0907. The highest BCUT2D eigenvalue weighted by atomic mass is 32.1. The number of carboxylic acids is 1. The van der Waals surface area contributed by atoms with Crippen LogP contribution in [0.5, 0.6) is 0 Å². The SMILES string of the molecule is CC(C)c1nc(CN(C)C(=O)N[C@@H](COC(C)(C)C)C(=O)O)cs1. The van der Waals surface area contributed by atoms with E-state index in [9.17, 15) is 14.7 Å². The first kappa shape index (κ1) is 20.4. The van der Waals surface area contributed by atoms with Crippen molar-refractivity contribution < 1.29 is 19.4 Å². The fourth-order valence-electron chi connectivity index (χ4n) is 1.74. The summed E-state index contributed by atoms with van der Waals surface area (Å²) in [5, 5.41) is 14.6. The van der Waals surface area contributed by atoms with Crippen LogP contribution in [0.3, 0.4) is 0 Å². The van der Waals surface area contributed by atoms with Gasteiger partial charge in [-0.3, -0.25) is 0 Å². The Balaban J connectivity index is 2.60. The number of aromatic nitrogens is 1. The lowest BCUT2D eigenvalue weighted by Gasteiger charge is -2.25. The van der Waals surface area contributed by atoms with Crippen LogP contribution in [0.15, 0.2) is 5.38 Å². The molecule has 0 aliphatic heterocycles. The highest BCUT2D eigenvalue weighted by Gasteiger charge is 2.24. The summed E-state index contributed by atoms with van der Waals surface area (Å²) in [5.74, 6) is -0.787. The highest BCUT2D eigenvalue weighted by Crippen LogP contribution is 2.19. The van der Waals surface area contributed by atoms with Gasteiger partial charge in [0.1, 0.15) is 0 Å². The van der Waals surface area contributed by atoms with Gasteiger partial charge in [-0.05, 0) is 20.8 Å². The molecule has 1 rings (SSSR count). The molecule has 2 N–H and O–H groups in total. The fourth-order valence-corrected chi connectivity index (χ4v) is 2.57. The molecule has 1 heterocycles. The van der Waals surface area contributed by atoms with E-state index in [-0.39, 0.29) is 6.61 Å². The van der Waals surface area contributed by atoms with Gasteiger partial charge in [-0.25, -0.2) is 14.6 Å². The summed E-state index contributed by atoms with van der Waals surface area (Å²) in [4.78, 5) is 29.4. The minimum atomic E-state index is -1.13. The first-order valence-electron chi connectivity index (χ1n) is 7.82. The number of hydrogen-bond donors (Lipinski definition) is 2. The monoisotopic (exact) mass is 357 g/mol. The van der Waals surface area contributed by atoms with E-state index in [2.05, 4.69) is 24.1 Å². The van der Waals surface area contributed by atoms with Crippen LogP contribution in [0.2, 0.25) is 0 Å². The maximum Gasteiger partial charge on any atom is 0.328 e. The largest absolute Gasteiger partial charge is 0.480 e. The van der Waals surface area contributed by atoms with Gasteiger partial charge in [-0.1, -0.05) is 13.8 Å². The topological polar surface area (TPSA) is 91.8 Å². The van der Waals surface area contributed by atoms with Crippen molar-refractivity contribution >= 4 is 23.3 Å². The van der Waals surface area contributed by atoms with Gasteiger partial charge in [-0.15, -0.1) is 11.3 Å². The molecule has 0 aliphatic rings. The van der Waals surface area contributed by atoms with Crippen LogP contribution < -0.4 is 5.32 Å². The van der Waals surface area contributed by atoms with Gasteiger partial charge in [-0.2, -0.15) is 0 Å². The molecule has 0 aromatic carbocycles. The minimum Gasteiger partial charge on any atom is -0.480 e. The normalized spacial score (nSPS) is 13.0. The average molecular weight is 357 g/mol. The number of thiazole rings is 1. The van der Waals surface area contributed by atoms with E-state index in [0.717, 1.165) is 10.7 Å². The molecule has 24 heavy (non-hydrogen) atoms. The molecular formula is C16H27N3O4S. The Morgan fingerprint density at radius 1 is 1.42 bits per heavy atom. The van der Waals surface area contributed by atoms with Crippen molar-refractivity contribution in [2.45, 2.75) is 58.7 Å². The first-order valence-corrected chi connectivity index (χ1v) is 8.70. The maximum absolute atomic E-state index is 12.2. The average Bonchev–Trinajstić information content (AvgIpc) is 2.90. The molecule has 0 bridgehead atoms.